The molecule has 4 rings (SSSR count). The molecule has 1 spiro atoms. The molecule has 154 valence electrons. The van der Waals surface area contributed by atoms with E-state index in [4.69, 9.17) is 0 Å². The van der Waals surface area contributed by atoms with Crippen molar-refractivity contribution in [2.75, 3.05) is 18.0 Å². The molecule has 0 unspecified atom stereocenters. The van der Waals surface area contributed by atoms with Gasteiger partial charge < -0.3 is 4.90 Å². The Morgan fingerprint density at radius 2 is 1.55 bits per heavy atom. The van der Waals surface area contributed by atoms with Gasteiger partial charge in [0.25, 0.3) is 5.91 Å². The first-order valence-electron chi connectivity index (χ1n) is 10.5. The van der Waals surface area contributed by atoms with Gasteiger partial charge in [-0.05, 0) is 60.9 Å². The number of halogens is 1. The van der Waals surface area contributed by atoms with Gasteiger partial charge in [-0.2, -0.15) is 5.10 Å². The molecule has 1 saturated carbocycles. The highest BCUT2D eigenvalue weighted by Crippen LogP contribution is 2.45. The fourth-order valence-electron chi connectivity index (χ4n) is 4.63. The normalized spacial score (nSPS) is 18.4. The van der Waals surface area contributed by atoms with Crippen LogP contribution in [0.5, 0.6) is 0 Å². The molecule has 0 radical (unpaired) electrons. The average molecular weight is 412 g/mol. The lowest BCUT2D eigenvalue weighted by Crippen LogP contribution is -2.41. The summed E-state index contributed by atoms with van der Waals surface area (Å²) < 4.78 is 0. The van der Waals surface area contributed by atoms with Gasteiger partial charge >= 0.3 is 0 Å². The van der Waals surface area contributed by atoms with Gasteiger partial charge in [0.2, 0.25) is 0 Å². The maximum Gasteiger partial charge on any atom is 0.271 e. The number of carbonyl (C=O) groups is 1. The molecule has 2 aromatic carbocycles. The van der Waals surface area contributed by atoms with Crippen LogP contribution >= 0.6 is 12.4 Å². The number of amides is 1. The molecular weight excluding hydrogens is 382 g/mol. The molecule has 2 fully saturated rings. The summed E-state index contributed by atoms with van der Waals surface area (Å²) >= 11 is 0. The van der Waals surface area contributed by atoms with Crippen molar-refractivity contribution in [1.82, 2.24) is 5.43 Å². The van der Waals surface area contributed by atoms with Gasteiger partial charge in [0.15, 0.2) is 0 Å². The molecule has 5 heteroatoms. The van der Waals surface area contributed by atoms with Gasteiger partial charge in [-0.1, -0.05) is 49.6 Å². The van der Waals surface area contributed by atoms with E-state index in [0.717, 1.165) is 5.56 Å². The lowest BCUT2D eigenvalue weighted by molar-refractivity contribution is 0.0955. The minimum Gasteiger partial charge on any atom is -0.371 e. The molecule has 1 aliphatic carbocycles. The Kier molecular flexibility index (Phi) is 7.32. The monoisotopic (exact) mass is 411 g/mol. The standard InChI is InChI=1S/C24H29N3O.ClH/c28-23(21-7-3-1-4-8-21)26-25-19-20-9-11-22(12-10-20)27-17-15-24(16-18-27)13-5-2-6-14-24;/h1,3-4,7-12,19H,2,5-6,13-18H2,(H,26,28);1H. The first kappa shape index (κ1) is 21.4. The zero-order chi connectivity index (χ0) is 19.2. The van der Waals surface area contributed by atoms with Crippen LogP contribution in [0.4, 0.5) is 5.69 Å². The Labute approximate surface area is 179 Å². The molecule has 1 aliphatic heterocycles. The number of hydrazone groups is 1. The lowest BCUT2D eigenvalue weighted by atomic mass is 9.68. The number of nitrogens with zero attached hydrogens (tertiary/aromatic N) is 2. The second-order valence-corrected chi connectivity index (χ2v) is 8.20. The number of piperidine rings is 1. The van der Waals surface area contributed by atoms with Crippen LogP contribution in [0.2, 0.25) is 0 Å². The maximum atomic E-state index is 12.0. The van der Waals surface area contributed by atoms with Crippen molar-refractivity contribution in [3.63, 3.8) is 0 Å². The zero-order valence-electron chi connectivity index (χ0n) is 16.8. The van der Waals surface area contributed by atoms with Crippen LogP contribution in [-0.4, -0.2) is 25.2 Å². The van der Waals surface area contributed by atoms with E-state index in [-0.39, 0.29) is 18.3 Å². The Morgan fingerprint density at radius 1 is 0.897 bits per heavy atom. The quantitative estimate of drug-likeness (QED) is 0.539. The molecule has 1 heterocycles. The van der Waals surface area contributed by atoms with Crippen LogP contribution in [0, 0.1) is 5.41 Å². The van der Waals surface area contributed by atoms with Crippen LogP contribution in [-0.2, 0) is 0 Å². The highest BCUT2D eigenvalue weighted by atomic mass is 35.5. The summed E-state index contributed by atoms with van der Waals surface area (Å²) in [5, 5.41) is 4.08. The fraction of sp³-hybridized carbons (Fsp3) is 0.417. The summed E-state index contributed by atoms with van der Waals surface area (Å²) in [5.41, 5.74) is 6.10. The number of anilines is 1. The molecule has 1 amide bonds. The predicted octanol–water partition coefficient (Wildman–Crippen LogP) is 5.42. The van der Waals surface area contributed by atoms with E-state index in [1.54, 1.807) is 18.3 Å². The van der Waals surface area contributed by atoms with Crippen molar-refractivity contribution in [2.45, 2.75) is 44.9 Å². The van der Waals surface area contributed by atoms with E-state index in [9.17, 15) is 4.79 Å². The van der Waals surface area contributed by atoms with Gasteiger partial charge in [-0.15, -0.1) is 12.4 Å². The predicted molar refractivity (Wildman–Crippen MR) is 122 cm³/mol. The van der Waals surface area contributed by atoms with Crippen molar-refractivity contribution in [1.29, 1.82) is 0 Å². The van der Waals surface area contributed by atoms with E-state index in [1.807, 2.05) is 18.2 Å². The molecular formula is C24H30ClN3O. The lowest BCUT2D eigenvalue weighted by Gasteiger charge is -2.45. The molecule has 0 aromatic heterocycles. The Balaban J connectivity index is 0.00000240. The van der Waals surface area contributed by atoms with Gasteiger partial charge in [0.05, 0.1) is 6.21 Å². The van der Waals surface area contributed by atoms with E-state index >= 15 is 0 Å². The van der Waals surface area contributed by atoms with Crippen molar-refractivity contribution in [2.24, 2.45) is 10.5 Å². The largest absolute Gasteiger partial charge is 0.371 e. The highest BCUT2D eigenvalue weighted by Gasteiger charge is 2.35. The van der Waals surface area contributed by atoms with Gasteiger partial charge in [-0.25, -0.2) is 5.43 Å². The number of rotatable bonds is 4. The molecule has 0 bridgehead atoms. The summed E-state index contributed by atoms with van der Waals surface area (Å²) in [6, 6.07) is 17.6. The summed E-state index contributed by atoms with van der Waals surface area (Å²) in [4.78, 5) is 14.5. The third-order valence-electron chi connectivity index (χ3n) is 6.41. The van der Waals surface area contributed by atoms with Gasteiger partial charge in [-0.3, -0.25) is 4.79 Å². The van der Waals surface area contributed by atoms with E-state index < -0.39 is 0 Å². The maximum absolute atomic E-state index is 12.0. The van der Waals surface area contributed by atoms with Crippen LogP contribution < -0.4 is 10.3 Å². The SMILES string of the molecule is Cl.O=C(NN=Cc1ccc(N2CCC3(CCCCC3)CC2)cc1)c1ccccc1. The van der Waals surface area contributed by atoms with Crippen LogP contribution in [0.1, 0.15) is 60.9 Å². The van der Waals surface area contributed by atoms with Crippen molar-refractivity contribution >= 4 is 30.2 Å². The number of hydrogen-bond donors (Lipinski definition) is 1. The Bertz CT molecular complexity index is 804. The summed E-state index contributed by atoms with van der Waals surface area (Å²) in [7, 11) is 0. The van der Waals surface area contributed by atoms with Crippen LogP contribution in [0.25, 0.3) is 0 Å². The second kappa shape index (κ2) is 9.93. The van der Waals surface area contributed by atoms with E-state index in [1.165, 1.54) is 63.7 Å². The molecule has 1 saturated heterocycles. The zero-order valence-corrected chi connectivity index (χ0v) is 17.7. The topological polar surface area (TPSA) is 44.7 Å². The highest BCUT2D eigenvalue weighted by molar-refractivity contribution is 5.94. The summed E-state index contributed by atoms with van der Waals surface area (Å²) in [5.74, 6) is -0.196. The Hall–Kier alpha value is -2.33. The van der Waals surface area contributed by atoms with E-state index in [2.05, 4.69) is 39.7 Å². The average Bonchev–Trinajstić information content (AvgIpc) is 2.76. The molecule has 2 aliphatic rings. The van der Waals surface area contributed by atoms with E-state index in [0.29, 0.717) is 11.0 Å². The van der Waals surface area contributed by atoms with Gasteiger partial charge in [0, 0.05) is 24.3 Å². The molecule has 29 heavy (non-hydrogen) atoms. The minimum atomic E-state index is -0.196. The number of carbonyl (C=O) groups excluding carboxylic acids is 1. The third kappa shape index (κ3) is 5.39. The molecule has 0 atom stereocenters. The summed E-state index contributed by atoms with van der Waals surface area (Å²) in [6.45, 7) is 2.33. The van der Waals surface area contributed by atoms with Crippen molar-refractivity contribution in [3.05, 3.63) is 65.7 Å². The molecule has 2 aromatic rings. The first-order chi connectivity index (χ1) is 13.7. The van der Waals surface area contributed by atoms with Gasteiger partial charge in [0.1, 0.15) is 0 Å². The number of nitrogens with one attached hydrogen (secondary N) is 1. The van der Waals surface area contributed by atoms with Crippen molar-refractivity contribution < 1.29 is 4.79 Å². The molecule has 4 nitrogen and oxygen atoms in total. The number of benzene rings is 2. The molecule has 1 N–H and O–H groups in total. The fourth-order valence-corrected chi connectivity index (χ4v) is 4.63. The second-order valence-electron chi connectivity index (χ2n) is 8.20. The van der Waals surface area contributed by atoms with Crippen LogP contribution in [0.15, 0.2) is 59.7 Å². The van der Waals surface area contributed by atoms with Crippen LogP contribution in [0.3, 0.4) is 0 Å². The number of hydrogen-bond acceptors (Lipinski definition) is 3. The Morgan fingerprint density at radius 3 is 2.21 bits per heavy atom. The van der Waals surface area contributed by atoms with Crippen molar-refractivity contribution in [3.8, 4) is 0 Å². The summed E-state index contributed by atoms with van der Waals surface area (Å²) in [6.07, 6.45) is 11.5. The smallest absolute Gasteiger partial charge is 0.271 e. The third-order valence-corrected chi connectivity index (χ3v) is 6.41. The minimum absolute atomic E-state index is 0. The first-order valence-corrected chi connectivity index (χ1v) is 10.5.